The highest BCUT2D eigenvalue weighted by atomic mass is 35.5. The first kappa shape index (κ1) is 15.4. The second-order valence-electron chi connectivity index (χ2n) is 4.73. The van der Waals surface area contributed by atoms with Crippen LogP contribution >= 0.6 is 11.6 Å². The molecular formula is C17H18ClNO2. The molecule has 0 amide bonds. The number of hydrogen-bond acceptors (Lipinski definition) is 3. The quantitative estimate of drug-likeness (QED) is 0.830. The first-order valence-electron chi connectivity index (χ1n) is 6.86. The van der Waals surface area contributed by atoms with Crippen LogP contribution in [0.2, 0.25) is 5.02 Å². The number of esters is 1. The van der Waals surface area contributed by atoms with Crippen LogP contribution in [0.25, 0.3) is 0 Å². The molecule has 3 nitrogen and oxygen atoms in total. The van der Waals surface area contributed by atoms with Gasteiger partial charge in [-0.25, -0.2) is 4.79 Å². The Balaban J connectivity index is 1.97. The summed E-state index contributed by atoms with van der Waals surface area (Å²) >= 11 is 6.10. The summed E-state index contributed by atoms with van der Waals surface area (Å²) < 4.78 is 4.95. The summed E-state index contributed by atoms with van der Waals surface area (Å²) in [6.45, 7) is 4.83. The van der Waals surface area contributed by atoms with Gasteiger partial charge >= 0.3 is 5.97 Å². The van der Waals surface area contributed by atoms with Crippen molar-refractivity contribution in [1.29, 1.82) is 0 Å². The Morgan fingerprint density at radius 3 is 2.52 bits per heavy atom. The summed E-state index contributed by atoms with van der Waals surface area (Å²) in [5.41, 5.74) is 3.68. The summed E-state index contributed by atoms with van der Waals surface area (Å²) in [4.78, 5) is 11.5. The van der Waals surface area contributed by atoms with E-state index in [9.17, 15) is 4.79 Å². The molecule has 0 fully saturated rings. The van der Waals surface area contributed by atoms with Crippen molar-refractivity contribution in [2.75, 3.05) is 11.9 Å². The molecule has 0 saturated carbocycles. The van der Waals surface area contributed by atoms with Crippen LogP contribution in [-0.2, 0) is 11.3 Å². The minimum atomic E-state index is -0.297. The Hall–Kier alpha value is -2.00. The van der Waals surface area contributed by atoms with E-state index in [1.165, 1.54) is 0 Å². The fourth-order valence-electron chi connectivity index (χ4n) is 1.89. The third kappa shape index (κ3) is 4.23. The highest BCUT2D eigenvalue weighted by Crippen LogP contribution is 2.18. The van der Waals surface area contributed by atoms with Crippen molar-refractivity contribution in [3.8, 4) is 0 Å². The topological polar surface area (TPSA) is 38.3 Å². The molecule has 0 bridgehead atoms. The van der Waals surface area contributed by atoms with E-state index >= 15 is 0 Å². The van der Waals surface area contributed by atoms with Crippen LogP contribution in [0.4, 0.5) is 5.69 Å². The number of nitrogens with one attached hydrogen (secondary N) is 1. The predicted octanol–water partition coefficient (Wildman–Crippen LogP) is 4.44. The van der Waals surface area contributed by atoms with Crippen LogP contribution in [0.3, 0.4) is 0 Å². The standard InChI is InChI=1S/C17H18ClNO2/c1-3-21-17(20)14-6-8-15(9-7-14)19-11-13-5-4-12(2)16(18)10-13/h4-10,19H,3,11H2,1-2H3. The number of carbonyl (C=O) groups is 1. The maximum atomic E-state index is 11.5. The molecule has 21 heavy (non-hydrogen) atoms. The lowest BCUT2D eigenvalue weighted by Crippen LogP contribution is -2.05. The normalized spacial score (nSPS) is 10.2. The minimum absolute atomic E-state index is 0.297. The van der Waals surface area contributed by atoms with E-state index in [0.29, 0.717) is 18.7 Å². The summed E-state index contributed by atoms with van der Waals surface area (Å²) in [6.07, 6.45) is 0. The number of rotatable bonds is 5. The molecule has 2 rings (SSSR count). The molecule has 1 N–H and O–H groups in total. The molecule has 0 unspecified atom stereocenters. The second-order valence-corrected chi connectivity index (χ2v) is 5.14. The molecule has 4 heteroatoms. The molecule has 0 atom stereocenters. The van der Waals surface area contributed by atoms with E-state index in [1.807, 2.05) is 37.3 Å². The Morgan fingerprint density at radius 2 is 1.90 bits per heavy atom. The van der Waals surface area contributed by atoms with Crippen molar-refractivity contribution in [3.05, 3.63) is 64.2 Å². The first-order chi connectivity index (χ1) is 10.1. The first-order valence-corrected chi connectivity index (χ1v) is 7.24. The van der Waals surface area contributed by atoms with Gasteiger partial charge in [0.05, 0.1) is 12.2 Å². The highest BCUT2D eigenvalue weighted by molar-refractivity contribution is 6.31. The van der Waals surface area contributed by atoms with E-state index in [0.717, 1.165) is 21.8 Å². The van der Waals surface area contributed by atoms with E-state index < -0.39 is 0 Å². The van der Waals surface area contributed by atoms with Gasteiger partial charge < -0.3 is 10.1 Å². The maximum Gasteiger partial charge on any atom is 0.338 e. The van der Waals surface area contributed by atoms with Crippen LogP contribution < -0.4 is 5.32 Å². The molecule has 0 saturated heterocycles. The van der Waals surface area contributed by atoms with Crippen molar-refractivity contribution in [2.24, 2.45) is 0 Å². The predicted molar refractivity (Wildman–Crippen MR) is 85.9 cm³/mol. The number of benzene rings is 2. The van der Waals surface area contributed by atoms with E-state index in [2.05, 4.69) is 5.32 Å². The van der Waals surface area contributed by atoms with Crippen LogP contribution in [0, 0.1) is 6.92 Å². The van der Waals surface area contributed by atoms with Gasteiger partial charge in [-0.2, -0.15) is 0 Å². The van der Waals surface area contributed by atoms with E-state index in [-0.39, 0.29) is 5.97 Å². The molecule has 110 valence electrons. The van der Waals surface area contributed by atoms with Crippen molar-refractivity contribution >= 4 is 23.3 Å². The molecule has 2 aromatic rings. The largest absolute Gasteiger partial charge is 0.462 e. The molecule has 0 heterocycles. The molecule has 0 aromatic heterocycles. The number of carbonyl (C=O) groups excluding carboxylic acids is 1. The average molecular weight is 304 g/mol. The number of aryl methyl sites for hydroxylation is 1. The van der Waals surface area contributed by atoms with Crippen LogP contribution in [0.5, 0.6) is 0 Å². The number of ether oxygens (including phenoxy) is 1. The fraction of sp³-hybridized carbons (Fsp3) is 0.235. The van der Waals surface area contributed by atoms with Gasteiger partial charge in [-0.15, -0.1) is 0 Å². The summed E-state index contributed by atoms with van der Waals surface area (Å²) in [6, 6.07) is 13.2. The van der Waals surface area contributed by atoms with Gasteiger partial charge in [0, 0.05) is 17.3 Å². The SMILES string of the molecule is CCOC(=O)c1ccc(NCc2ccc(C)c(Cl)c2)cc1. The molecule has 0 aliphatic rings. The minimum Gasteiger partial charge on any atom is -0.462 e. The zero-order chi connectivity index (χ0) is 15.2. The van der Waals surface area contributed by atoms with Gasteiger partial charge in [-0.05, 0) is 55.3 Å². The second kappa shape index (κ2) is 7.14. The molecule has 0 aliphatic heterocycles. The van der Waals surface area contributed by atoms with Crippen molar-refractivity contribution in [2.45, 2.75) is 20.4 Å². The molecule has 0 aliphatic carbocycles. The van der Waals surface area contributed by atoms with Crippen LogP contribution in [-0.4, -0.2) is 12.6 Å². The fourth-order valence-corrected chi connectivity index (χ4v) is 2.09. The van der Waals surface area contributed by atoms with Gasteiger partial charge in [-0.1, -0.05) is 23.7 Å². The van der Waals surface area contributed by atoms with E-state index in [4.69, 9.17) is 16.3 Å². The molecule has 2 aromatic carbocycles. The number of halogens is 1. The summed E-state index contributed by atoms with van der Waals surface area (Å²) in [7, 11) is 0. The Morgan fingerprint density at radius 1 is 1.19 bits per heavy atom. The average Bonchev–Trinajstić information content (AvgIpc) is 2.49. The lowest BCUT2D eigenvalue weighted by Gasteiger charge is -2.08. The van der Waals surface area contributed by atoms with Gasteiger partial charge in [-0.3, -0.25) is 0 Å². The Labute approximate surface area is 129 Å². The lowest BCUT2D eigenvalue weighted by molar-refractivity contribution is 0.0526. The Bertz CT molecular complexity index is 623. The monoisotopic (exact) mass is 303 g/mol. The Kier molecular flexibility index (Phi) is 5.23. The van der Waals surface area contributed by atoms with Gasteiger partial charge in [0.15, 0.2) is 0 Å². The number of hydrogen-bond donors (Lipinski definition) is 1. The summed E-state index contributed by atoms with van der Waals surface area (Å²) in [5, 5.41) is 4.07. The van der Waals surface area contributed by atoms with Gasteiger partial charge in [0.1, 0.15) is 0 Å². The zero-order valence-corrected chi connectivity index (χ0v) is 12.9. The molecule has 0 spiro atoms. The number of anilines is 1. The van der Waals surface area contributed by atoms with Crippen LogP contribution in [0.1, 0.15) is 28.4 Å². The lowest BCUT2D eigenvalue weighted by atomic mass is 10.1. The van der Waals surface area contributed by atoms with Crippen molar-refractivity contribution in [3.63, 3.8) is 0 Å². The third-order valence-corrected chi connectivity index (χ3v) is 3.54. The maximum absolute atomic E-state index is 11.5. The summed E-state index contributed by atoms with van der Waals surface area (Å²) in [5.74, 6) is -0.297. The van der Waals surface area contributed by atoms with Gasteiger partial charge in [0.25, 0.3) is 0 Å². The smallest absolute Gasteiger partial charge is 0.338 e. The zero-order valence-electron chi connectivity index (χ0n) is 12.2. The molecular weight excluding hydrogens is 286 g/mol. The van der Waals surface area contributed by atoms with Crippen molar-refractivity contribution < 1.29 is 9.53 Å². The van der Waals surface area contributed by atoms with Crippen molar-refractivity contribution in [1.82, 2.24) is 0 Å². The highest BCUT2D eigenvalue weighted by Gasteiger charge is 2.05. The molecule has 0 radical (unpaired) electrons. The van der Waals surface area contributed by atoms with Crippen LogP contribution in [0.15, 0.2) is 42.5 Å². The third-order valence-electron chi connectivity index (χ3n) is 3.13. The van der Waals surface area contributed by atoms with Gasteiger partial charge in [0.2, 0.25) is 0 Å². The van der Waals surface area contributed by atoms with E-state index in [1.54, 1.807) is 19.1 Å².